The van der Waals surface area contributed by atoms with E-state index in [1.54, 1.807) is 27.0 Å². The molecule has 0 aliphatic rings. The average molecular weight is 417 g/mol. The lowest BCUT2D eigenvalue weighted by Gasteiger charge is -2.06. The summed E-state index contributed by atoms with van der Waals surface area (Å²) in [5.74, 6) is 1.12. The zero-order valence-corrected chi connectivity index (χ0v) is 18.0. The second kappa shape index (κ2) is 8.69. The van der Waals surface area contributed by atoms with Crippen molar-refractivity contribution in [2.75, 3.05) is 12.4 Å². The summed E-state index contributed by atoms with van der Waals surface area (Å²) >= 11 is 1.31. The van der Waals surface area contributed by atoms with Crippen LogP contribution in [0.4, 0.5) is 0 Å². The molecule has 154 valence electrons. The topological polar surface area (TPSA) is 103 Å². The molecule has 9 heteroatoms. The van der Waals surface area contributed by atoms with Crippen LogP contribution in [0.5, 0.6) is 0 Å². The Labute approximate surface area is 173 Å². The number of hydrogen-bond acceptors (Lipinski definition) is 7. The fourth-order valence-corrected chi connectivity index (χ4v) is 4.11. The lowest BCUT2D eigenvalue weighted by molar-refractivity contribution is 0.0525. The standard InChI is InChI=1S/C20H24N4O4S/c1-6-24-18(14-8-9-28-13(14)5)22-23-20(24)29-10-15(25)17-11(3)16(12(4)21-17)19(26)27-7-2/h8-9,21H,6-7,10H2,1-5H3. The van der Waals surface area contributed by atoms with Gasteiger partial charge in [0.2, 0.25) is 0 Å². The molecule has 0 atom stereocenters. The third-order valence-electron chi connectivity index (χ3n) is 4.66. The number of ether oxygens (including phenoxy) is 1. The lowest BCUT2D eigenvalue weighted by atomic mass is 10.1. The molecular formula is C20H24N4O4S. The number of Topliss-reactive ketones (excluding diaryl/α,β-unsaturated/α-hetero) is 1. The Hall–Kier alpha value is -2.81. The minimum atomic E-state index is -0.420. The van der Waals surface area contributed by atoms with Gasteiger partial charge in [0.05, 0.1) is 35.4 Å². The molecule has 3 aromatic heterocycles. The second-order valence-corrected chi connectivity index (χ2v) is 7.44. The number of carbonyl (C=O) groups is 2. The summed E-state index contributed by atoms with van der Waals surface area (Å²) < 4.78 is 12.4. The molecule has 29 heavy (non-hydrogen) atoms. The number of rotatable bonds is 8. The lowest BCUT2D eigenvalue weighted by Crippen LogP contribution is -2.09. The van der Waals surface area contributed by atoms with E-state index >= 15 is 0 Å². The van der Waals surface area contributed by atoms with Crippen molar-refractivity contribution in [3.8, 4) is 11.4 Å². The van der Waals surface area contributed by atoms with Crippen LogP contribution in [0.3, 0.4) is 0 Å². The zero-order valence-electron chi connectivity index (χ0n) is 17.2. The summed E-state index contributed by atoms with van der Waals surface area (Å²) in [6.07, 6.45) is 1.62. The van der Waals surface area contributed by atoms with Gasteiger partial charge in [-0.05, 0) is 46.2 Å². The van der Waals surface area contributed by atoms with Crippen LogP contribution in [-0.2, 0) is 11.3 Å². The van der Waals surface area contributed by atoms with Crippen LogP contribution in [0.25, 0.3) is 11.4 Å². The summed E-state index contributed by atoms with van der Waals surface area (Å²) in [6, 6.07) is 1.85. The average Bonchev–Trinajstić information content (AvgIpc) is 3.36. The molecule has 0 fully saturated rings. The van der Waals surface area contributed by atoms with Crippen LogP contribution in [0.1, 0.15) is 51.7 Å². The van der Waals surface area contributed by atoms with Gasteiger partial charge in [-0.2, -0.15) is 0 Å². The van der Waals surface area contributed by atoms with Crippen LogP contribution in [0.2, 0.25) is 0 Å². The monoisotopic (exact) mass is 416 g/mol. The molecule has 0 aliphatic carbocycles. The van der Waals surface area contributed by atoms with Gasteiger partial charge in [0.25, 0.3) is 0 Å². The summed E-state index contributed by atoms with van der Waals surface area (Å²) in [6.45, 7) is 10.1. The zero-order chi connectivity index (χ0) is 21.1. The van der Waals surface area contributed by atoms with E-state index in [2.05, 4.69) is 15.2 Å². The fourth-order valence-electron chi connectivity index (χ4n) is 3.24. The Kier molecular flexibility index (Phi) is 6.26. The van der Waals surface area contributed by atoms with Gasteiger partial charge in [-0.1, -0.05) is 11.8 Å². The number of furan rings is 1. The maximum Gasteiger partial charge on any atom is 0.340 e. The second-order valence-electron chi connectivity index (χ2n) is 6.50. The molecule has 0 saturated heterocycles. The van der Waals surface area contributed by atoms with Crippen molar-refractivity contribution in [2.24, 2.45) is 0 Å². The van der Waals surface area contributed by atoms with Gasteiger partial charge in [0.1, 0.15) is 5.76 Å². The minimum Gasteiger partial charge on any atom is -0.469 e. The first kappa shape index (κ1) is 20.9. The number of nitrogens with zero attached hydrogens (tertiary/aromatic N) is 3. The van der Waals surface area contributed by atoms with E-state index in [0.29, 0.717) is 40.0 Å². The van der Waals surface area contributed by atoms with E-state index in [0.717, 1.165) is 11.3 Å². The molecule has 0 aromatic carbocycles. The molecule has 0 bridgehead atoms. The predicted molar refractivity (Wildman–Crippen MR) is 109 cm³/mol. The molecule has 3 aromatic rings. The summed E-state index contributed by atoms with van der Waals surface area (Å²) in [5, 5.41) is 9.17. The van der Waals surface area contributed by atoms with Crippen molar-refractivity contribution < 1.29 is 18.7 Å². The number of esters is 1. The highest BCUT2D eigenvalue weighted by molar-refractivity contribution is 7.99. The molecule has 8 nitrogen and oxygen atoms in total. The van der Waals surface area contributed by atoms with E-state index in [9.17, 15) is 9.59 Å². The van der Waals surface area contributed by atoms with E-state index in [4.69, 9.17) is 9.15 Å². The third kappa shape index (κ3) is 4.00. The molecule has 0 radical (unpaired) electrons. The van der Waals surface area contributed by atoms with E-state index < -0.39 is 5.97 Å². The van der Waals surface area contributed by atoms with Gasteiger partial charge in [-0.25, -0.2) is 4.79 Å². The van der Waals surface area contributed by atoms with E-state index in [-0.39, 0.29) is 18.1 Å². The number of ketones is 1. The van der Waals surface area contributed by atoms with Crippen molar-refractivity contribution in [2.45, 2.75) is 46.3 Å². The predicted octanol–water partition coefficient (Wildman–Crippen LogP) is 3.96. The molecule has 0 saturated carbocycles. The van der Waals surface area contributed by atoms with Gasteiger partial charge in [-0.3, -0.25) is 4.79 Å². The number of aryl methyl sites for hydroxylation is 2. The molecule has 0 unspecified atom stereocenters. The number of H-pyrrole nitrogens is 1. The molecule has 3 heterocycles. The molecule has 1 N–H and O–H groups in total. The summed E-state index contributed by atoms with van der Waals surface area (Å²) in [5.41, 5.74) is 2.97. The van der Waals surface area contributed by atoms with Crippen molar-refractivity contribution in [3.05, 3.63) is 40.6 Å². The quantitative estimate of drug-likeness (QED) is 0.337. The number of nitrogens with one attached hydrogen (secondary N) is 1. The molecule has 0 aliphatic heterocycles. The van der Waals surface area contributed by atoms with Gasteiger partial charge in [0, 0.05) is 12.2 Å². The maximum absolute atomic E-state index is 12.8. The number of hydrogen-bond donors (Lipinski definition) is 1. The van der Waals surface area contributed by atoms with Crippen LogP contribution < -0.4 is 0 Å². The van der Waals surface area contributed by atoms with Gasteiger partial charge in [-0.15, -0.1) is 10.2 Å². The Morgan fingerprint density at radius 3 is 2.62 bits per heavy atom. The van der Waals surface area contributed by atoms with Crippen molar-refractivity contribution in [3.63, 3.8) is 0 Å². The third-order valence-corrected chi connectivity index (χ3v) is 5.63. The SMILES string of the molecule is CCOC(=O)c1c(C)[nH]c(C(=O)CSc2nnc(-c3ccoc3C)n2CC)c1C. The smallest absolute Gasteiger partial charge is 0.340 e. The Bertz CT molecular complexity index is 1050. The van der Waals surface area contributed by atoms with Crippen LogP contribution in [0, 0.1) is 20.8 Å². The Balaban J connectivity index is 1.79. The van der Waals surface area contributed by atoms with Crippen molar-refractivity contribution in [1.82, 2.24) is 19.7 Å². The Morgan fingerprint density at radius 2 is 2.00 bits per heavy atom. The van der Waals surface area contributed by atoms with Gasteiger partial charge >= 0.3 is 5.97 Å². The minimum absolute atomic E-state index is 0.113. The van der Waals surface area contributed by atoms with Crippen molar-refractivity contribution >= 4 is 23.5 Å². The van der Waals surface area contributed by atoms with E-state index in [1.165, 1.54) is 11.8 Å². The normalized spacial score (nSPS) is 11.1. The first-order valence-corrected chi connectivity index (χ1v) is 10.4. The van der Waals surface area contributed by atoms with Crippen LogP contribution >= 0.6 is 11.8 Å². The van der Waals surface area contributed by atoms with Gasteiger partial charge in [0.15, 0.2) is 16.8 Å². The molecule has 0 spiro atoms. The fraction of sp³-hybridized carbons (Fsp3) is 0.400. The highest BCUT2D eigenvalue weighted by Crippen LogP contribution is 2.28. The first-order valence-electron chi connectivity index (χ1n) is 9.38. The largest absolute Gasteiger partial charge is 0.469 e. The highest BCUT2D eigenvalue weighted by atomic mass is 32.2. The van der Waals surface area contributed by atoms with Gasteiger partial charge < -0.3 is 18.7 Å². The molecule has 3 rings (SSSR count). The number of aromatic nitrogens is 4. The number of carbonyl (C=O) groups excluding carboxylic acids is 2. The molecular weight excluding hydrogens is 392 g/mol. The molecule has 0 amide bonds. The summed E-state index contributed by atoms with van der Waals surface area (Å²) in [4.78, 5) is 28.0. The maximum atomic E-state index is 12.8. The first-order chi connectivity index (χ1) is 13.9. The number of thioether (sulfide) groups is 1. The van der Waals surface area contributed by atoms with Crippen molar-refractivity contribution in [1.29, 1.82) is 0 Å². The van der Waals surface area contributed by atoms with Crippen LogP contribution in [0.15, 0.2) is 21.9 Å². The summed E-state index contributed by atoms with van der Waals surface area (Å²) in [7, 11) is 0. The number of aromatic amines is 1. The van der Waals surface area contributed by atoms with Crippen LogP contribution in [-0.4, -0.2) is 43.9 Å². The Morgan fingerprint density at radius 1 is 1.24 bits per heavy atom. The highest BCUT2D eigenvalue weighted by Gasteiger charge is 2.24. The van der Waals surface area contributed by atoms with E-state index in [1.807, 2.05) is 24.5 Å².